The summed E-state index contributed by atoms with van der Waals surface area (Å²) in [7, 11) is -0.878. The molecule has 0 radical (unpaired) electrons. The van der Waals surface area contributed by atoms with Gasteiger partial charge in [-0.25, -0.2) is 8.42 Å². The van der Waals surface area contributed by atoms with Gasteiger partial charge in [0.1, 0.15) is 0 Å². The van der Waals surface area contributed by atoms with E-state index in [2.05, 4.69) is 31.0 Å². The molecule has 1 N–H and O–H groups in total. The average Bonchev–Trinajstić information content (AvgIpc) is 2.13. The molecule has 0 aliphatic carbocycles. The average molecular weight is 264 g/mol. The molecule has 0 fully saturated rings. The summed E-state index contributed by atoms with van der Waals surface area (Å²) in [5, 5.41) is 3.38. The fourth-order valence-electron chi connectivity index (χ4n) is 1.44. The standard InChI is InChI=1S/C12H28N2O2S/c1-6-10-17(15,16)11-9-14(5)8-7-13-12(2,3)4/h13H,6-11H2,1-5H3. The van der Waals surface area contributed by atoms with Gasteiger partial charge in [0.2, 0.25) is 0 Å². The first-order valence-electron chi connectivity index (χ1n) is 6.30. The zero-order valence-corrected chi connectivity index (χ0v) is 12.7. The molecule has 0 atom stereocenters. The first-order chi connectivity index (χ1) is 7.66. The van der Waals surface area contributed by atoms with Crippen molar-refractivity contribution in [2.75, 3.05) is 38.2 Å². The van der Waals surface area contributed by atoms with Crippen LogP contribution in [-0.2, 0) is 9.84 Å². The van der Waals surface area contributed by atoms with Crippen LogP contribution in [0.3, 0.4) is 0 Å². The maximum atomic E-state index is 11.5. The van der Waals surface area contributed by atoms with Gasteiger partial charge in [0.25, 0.3) is 0 Å². The van der Waals surface area contributed by atoms with Gasteiger partial charge in [-0.05, 0) is 34.2 Å². The third kappa shape index (κ3) is 10.7. The second kappa shape index (κ2) is 7.34. The van der Waals surface area contributed by atoms with Crippen LogP contribution in [0.2, 0.25) is 0 Å². The van der Waals surface area contributed by atoms with E-state index in [1.165, 1.54) is 0 Å². The normalized spacial score (nSPS) is 13.3. The van der Waals surface area contributed by atoms with E-state index in [4.69, 9.17) is 0 Å². The SMILES string of the molecule is CCCS(=O)(=O)CCN(C)CCNC(C)(C)C. The lowest BCUT2D eigenvalue weighted by Gasteiger charge is -2.23. The lowest BCUT2D eigenvalue weighted by atomic mass is 10.1. The van der Waals surface area contributed by atoms with Crippen LogP contribution < -0.4 is 5.32 Å². The Hall–Kier alpha value is -0.130. The molecule has 0 aliphatic rings. The molecule has 0 saturated heterocycles. The van der Waals surface area contributed by atoms with Gasteiger partial charge < -0.3 is 10.2 Å². The van der Waals surface area contributed by atoms with Gasteiger partial charge in [-0.2, -0.15) is 0 Å². The molecule has 0 rings (SSSR count). The second-order valence-electron chi connectivity index (χ2n) is 5.63. The minimum absolute atomic E-state index is 0.120. The lowest BCUT2D eigenvalue weighted by Crippen LogP contribution is -2.41. The smallest absolute Gasteiger partial charge is 0.151 e. The fraction of sp³-hybridized carbons (Fsp3) is 1.00. The third-order valence-electron chi connectivity index (χ3n) is 2.45. The highest BCUT2D eigenvalue weighted by molar-refractivity contribution is 7.91. The van der Waals surface area contributed by atoms with Crippen molar-refractivity contribution in [3.63, 3.8) is 0 Å². The highest BCUT2D eigenvalue weighted by Gasteiger charge is 2.12. The van der Waals surface area contributed by atoms with Gasteiger partial charge >= 0.3 is 0 Å². The summed E-state index contributed by atoms with van der Waals surface area (Å²) in [5.74, 6) is 0.577. The van der Waals surface area contributed by atoms with Crippen LogP contribution in [0.5, 0.6) is 0 Å². The Labute approximate surface area is 107 Å². The van der Waals surface area contributed by atoms with E-state index in [0.29, 0.717) is 18.7 Å². The molecule has 5 heteroatoms. The van der Waals surface area contributed by atoms with Crippen molar-refractivity contribution in [2.45, 2.75) is 39.7 Å². The first-order valence-corrected chi connectivity index (χ1v) is 8.12. The molecule has 104 valence electrons. The van der Waals surface area contributed by atoms with Gasteiger partial charge in [-0.3, -0.25) is 0 Å². The largest absolute Gasteiger partial charge is 0.311 e. The molecule has 17 heavy (non-hydrogen) atoms. The predicted molar refractivity (Wildman–Crippen MR) is 74.2 cm³/mol. The Bertz CT molecular complexity index is 294. The maximum Gasteiger partial charge on any atom is 0.151 e. The van der Waals surface area contributed by atoms with Crippen molar-refractivity contribution in [2.24, 2.45) is 0 Å². The monoisotopic (exact) mass is 264 g/mol. The van der Waals surface area contributed by atoms with E-state index in [-0.39, 0.29) is 11.3 Å². The van der Waals surface area contributed by atoms with E-state index in [1.807, 2.05) is 14.0 Å². The third-order valence-corrected chi connectivity index (χ3v) is 4.28. The van der Waals surface area contributed by atoms with Gasteiger partial charge in [-0.15, -0.1) is 0 Å². The Morgan fingerprint density at radius 3 is 2.18 bits per heavy atom. The molecule has 0 aromatic carbocycles. The molecule has 0 spiro atoms. The van der Waals surface area contributed by atoms with Crippen molar-refractivity contribution in [3.05, 3.63) is 0 Å². The van der Waals surface area contributed by atoms with Crippen LogP contribution in [0.4, 0.5) is 0 Å². The molecule has 0 unspecified atom stereocenters. The first kappa shape index (κ1) is 16.9. The molecular weight excluding hydrogens is 236 g/mol. The zero-order valence-electron chi connectivity index (χ0n) is 11.9. The topological polar surface area (TPSA) is 49.4 Å². The summed E-state index contributed by atoms with van der Waals surface area (Å²) < 4.78 is 23.1. The number of hydrogen-bond acceptors (Lipinski definition) is 4. The van der Waals surface area contributed by atoms with Crippen LogP contribution in [0.1, 0.15) is 34.1 Å². The van der Waals surface area contributed by atoms with E-state index in [0.717, 1.165) is 13.1 Å². The van der Waals surface area contributed by atoms with Gasteiger partial charge in [0, 0.05) is 30.9 Å². The zero-order chi connectivity index (χ0) is 13.5. The maximum absolute atomic E-state index is 11.5. The van der Waals surface area contributed by atoms with Crippen molar-refractivity contribution < 1.29 is 8.42 Å². The Morgan fingerprint density at radius 2 is 1.71 bits per heavy atom. The Balaban J connectivity index is 3.77. The lowest BCUT2D eigenvalue weighted by molar-refractivity contribution is 0.322. The number of hydrogen-bond donors (Lipinski definition) is 1. The number of sulfone groups is 1. The van der Waals surface area contributed by atoms with Crippen molar-refractivity contribution >= 4 is 9.84 Å². The molecule has 0 amide bonds. The van der Waals surface area contributed by atoms with Crippen molar-refractivity contribution in [1.82, 2.24) is 10.2 Å². The number of nitrogens with zero attached hydrogens (tertiary/aromatic N) is 1. The van der Waals surface area contributed by atoms with E-state index < -0.39 is 9.84 Å². The highest BCUT2D eigenvalue weighted by atomic mass is 32.2. The van der Waals surface area contributed by atoms with Crippen LogP contribution >= 0.6 is 0 Å². The molecule has 0 bridgehead atoms. The highest BCUT2D eigenvalue weighted by Crippen LogP contribution is 1.98. The van der Waals surface area contributed by atoms with Crippen LogP contribution in [0.25, 0.3) is 0 Å². The number of rotatable bonds is 8. The predicted octanol–water partition coefficient (Wildman–Crippen LogP) is 1.13. The minimum atomic E-state index is -2.84. The minimum Gasteiger partial charge on any atom is -0.311 e. The summed E-state index contributed by atoms with van der Waals surface area (Å²) in [5.41, 5.74) is 0.120. The molecular formula is C12H28N2O2S. The van der Waals surface area contributed by atoms with Crippen molar-refractivity contribution in [1.29, 1.82) is 0 Å². The molecule has 0 saturated carbocycles. The van der Waals surface area contributed by atoms with Gasteiger partial charge in [-0.1, -0.05) is 6.92 Å². The van der Waals surface area contributed by atoms with E-state index in [9.17, 15) is 8.42 Å². The summed E-state index contributed by atoms with van der Waals surface area (Å²) >= 11 is 0. The molecule has 4 nitrogen and oxygen atoms in total. The quantitative estimate of drug-likeness (QED) is 0.714. The fourth-order valence-corrected chi connectivity index (χ4v) is 2.86. The van der Waals surface area contributed by atoms with Crippen LogP contribution in [0, 0.1) is 0 Å². The van der Waals surface area contributed by atoms with Crippen LogP contribution in [0.15, 0.2) is 0 Å². The molecule has 0 aromatic heterocycles. The van der Waals surface area contributed by atoms with Gasteiger partial charge in [0.15, 0.2) is 9.84 Å². The van der Waals surface area contributed by atoms with Crippen molar-refractivity contribution in [3.8, 4) is 0 Å². The number of nitrogens with one attached hydrogen (secondary N) is 1. The van der Waals surface area contributed by atoms with E-state index >= 15 is 0 Å². The van der Waals surface area contributed by atoms with Gasteiger partial charge in [0.05, 0.1) is 5.75 Å². The Morgan fingerprint density at radius 1 is 1.12 bits per heavy atom. The molecule has 0 aromatic rings. The molecule has 0 aliphatic heterocycles. The van der Waals surface area contributed by atoms with Crippen LogP contribution in [-0.4, -0.2) is 57.0 Å². The summed E-state index contributed by atoms with van der Waals surface area (Å²) in [4.78, 5) is 2.06. The molecule has 0 heterocycles. The summed E-state index contributed by atoms with van der Waals surface area (Å²) in [6, 6.07) is 0. The Kier molecular flexibility index (Phi) is 7.28. The summed E-state index contributed by atoms with van der Waals surface area (Å²) in [6.07, 6.45) is 0.706. The second-order valence-corrected chi connectivity index (χ2v) is 7.94. The summed E-state index contributed by atoms with van der Waals surface area (Å²) in [6.45, 7) is 10.6. The van der Waals surface area contributed by atoms with E-state index in [1.54, 1.807) is 0 Å². The number of likely N-dealkylation sites (N-methyl/N-ethyl adjacent to an activating group) is 1.